The molecule has 1 aliphatic carbocycles. The first-order valence-corrected chi connectivity index (χ1v) is 9.79. The number of nitrogens with one attached hydrogen (secondary N) is 1. The number of likely N-dealkylation sites (tertiary alicyclic amines) is 1. The van der Waals surface area contributed by atoms with Gasteiger partial charge in [0.05, 0.1) is 0 Å². The van der Waals surface area contributed by atoms with Crippen molar-refractivity contribution in [3.63, 3.8) is 0 Å². The molecule has 2 unspecified atom stereocenters. The van der Waals surface area contributed by atoms with Crippen LogP contribution >= 0.6 is 0 Å². The number of rotatable bonds is 7. The Kier molecular flexibility index (Phi) is 8.10. The van der Waals surface area contributed by atoms with Crippen molar-refractivity contribution in [2.75, 3.05) is 26.2 Å². The van der Waals surface area contributed by atoms with E-state index in [1.807, 2.05) is 0 Å². The van der Waals surface area contributed by atoms with Gasteiger partial charge in [-0.25, -0.2) is 0 Å². The summed E-state index contributed by atoms with van der Waals surface area (Å²) >= 11 is 0. The Bertz CT molecular complexity index is 260. The van der Waals surface area contributed by atoms with Crippen LogP contribution in [0.3, 0.4) is 0 Å². The Morgan fingerprint density at radius 3 is 2.48 bits per heavy atom. The Morgan fingerprint density at radius 1 is 0.952 bits per heavy atom. The molecule has 1 heterocycles. The summed E-state index contributed by atoms with van der Waals surface area (Å²) in [5.74, 6) is 1.95. The van der Waals surface area contributed by atoms with E-state index in [-0.39, 0.29) is 0 Å². The largest absolute Gasteiger partial charge is 0.313 e. The molecule has 0 spiro atoms. The van der Waals surface area contributed by atoms with Gasteiger partial charge in [-0.1, -0.05) is 46.0 Å². The van der Waals surface area contributed by atoms with E-state index in [0.717, 1.165) is 24.4 Å². The van der Waals surface area contributed by atoms with Crippen molar-refractivity contribution in [2.45, 2.75) is 84.1 Å². The van der Waals surface area contributed by atoms with Gasteiger partial charge < -0.3 is 10.2 Å². The maximum atomic E-state index is 3.81. The van der Waals surface area contributed by atoms with E-state index in [1.165, 1.54) is 83.8 Å². The van der Waals surface area contributed by atoms with Crippen molar-refractivity contribution in [3.8, 4) is 0 Å². The Balaban J connectivity index is 1.81. The molecule has 0 amide bonds. The topological polar surface area (TPSA) is 15.3 Å². The number of likely N-dealkylation sites (N-methyl/N-ethyl adjacent to an activating group) is 1. The molecule has 0 aromatic heterocycles. The smallest absolute Gasteiger partial charge is 0.0223 e. The molecular formula is C19H38N2. The minimum Gasteiger partial charge on any atom is -0.313 e. The second-order valence-corrected chi connectivity index (χ2v) is 7.45. The summed E-state index contributed by atoms with van der Waals surface area (Å²) in [5, 5.41) is 3.81. The monoisotopic (exact) mass is 294 g/mol. The first kappa shape index (κ1) is 17.3. The number of nitrogens with zero attached hydrogens (tertiary/aromatic N) is 1. The molecular weight excluding hydrogens is 256 g/mol. The van der Waals surface area contributed by atoms with Crippen molar-refractivity contribution < 1.29 is 0 Å². The van der Waals surface area contributed by atoms with Gasteiger partial charge in [0, 0.05) is 12.6 Å². The molecule has 1 aliphatic heterocycles. The summed E-state index contributed by atoms with van der Waals surface area (Å²) < 4.78 is 0. The SMILES string of the molecule is CCCC1CCCN(CC(NCC)C2CCCCC2)CC1. The summed E-state index contributed by atoms with van der Waals surface area (Å²) in [6.45, 7) is 9.74. The molecule has 2 heteroatoms. The average Bonchev–Trinajstić information content (AvgIpc) is 2.74. The van der Waals surface area contributed by atoms with Gasteiger partial charge in [0.1, 0.15) is 0 Å². The van der Waals surface area contributed by atoms with Gasteiger partial charge in [-0.2, -0.15) is 0 Å². The summed E-state index contributed by atoms with van der Waals surface area (Å²) in [4.78, 5) is 2.78. The van der Waals surface area contributed by atoms with Crippen LogP contribution in [0.2, 0.25) is 0 Å². The van der Waals surface area contributed by atoms with Crippen LogP contribution in [0, 0.1) is 11.8 Å². The quantitative estimate of drug-likeness (QED) is 0.746. The normalized spacial score (nSPS) is 27.4. The molecule has 1 saturated carbocycles. The Labute approximate surface area is 133 Å². The third-order valence-corrected chi connectivity index (χ3v) is 5.78. The van der Waals surface area contributed by atoms with Gasteiger partial charge in [0.2, 0.25) is 0 Å². The molecule has 2 atom stereocenters. The fraction of sp³-hybridized carbons (Fsp3) is 1.00. The third-order valence-electron chi connectivity index (χ3n) is 5.78. The van der Waals surface area contributed by atoms with Crippen molar-refractivity contribution in [2.24, 2.45) is 11.8 Å². The molecule has 2 rings (SSSR count). The van der Waals surface area contributed by atoms with Crippen LogP contribution in [-0.4, -0.2) is 37.1 Å². The van der Waals surface area contributed by atoms with Crippen LogP contribution in [0.15, 0.2) is 0 Å². The minimum absolute atomic E-state index is 0.748. The standard InChI is InChI=1S/C19H38N2/c1-3-9-17-10-8-14-21(15-13-17)16-19(20-4-2)18-11-6-5-7-12-18/h17-20H,3-16H2,1-2H3. The summed E-state index contributed by atoms with van der Waals surface area (Å²) in [6, 6.07) is 0.748. The third kappa shape index (κ3) is 5.90. The Morgan fingerprint density at radius 2 is 1.76 bits per heavy atom. The molecule has 2 fully saturated rings. The highest BCUT2D eigenvalue weighted by Gasteiger charge is 2.26. The van der Waals surface area contributed by atoms with E-state index in [2.05, 4.69) is 24.1 Å². The predicted molar refractivity (Wildman–Crippen MR) is 92.7 cm³/mol. The summed E-state index contributed by atoms with van der Waals surface area (Å²) in [5.41, 5.74) is 0. The lowest BCUT2D eigenvalue weighted by atomic mass is 9.83. The first-order chi connectivity index (χ1) is 10.3. The zero-order valence-electron chi connectivity index (χ0n) is 14.6. The zero-order valence-corrected chi connectivity index (χ0v) is 14.6. The van der Waals surface area contributed by atoms with Crippen LogP contribution in [0.5, 0.6) is 0 Å². The molecule has 0 aromatic rings. The average molecular weight is 295 g/mol. The second-order valence-electron chi connectivity index (χ2n) is 7.45. The molecule has 0 radical (unpaired) electrons. The number of hydrogen-bond acceptors (Lipinski definition) is 2. The van der Waals surface area contributed by atoms with E-state index in [9.17, 15) is 0 Å². The fourth-order valence-corrected chi connectivity index (χ4v) is 4.56. The first-order valence-electron chi connectivity index (χ1n) is 9.79. The maximum absolute atomic E-state index is 3.81. The van der Waals surface area contributed by atoms with Crippen LogP contribution in [-0.2, 0) is 0 Å². The minimum atomic E-state index is 0.748. The predicted octanol–water partition coefficient (Wildman–Crippen LogP) is 4.45. The van der Waals surface area contributed by atoms with Gasteiger partial charge in [-0.15, -0.1) is 0 Å². The van der Waals surface area contributed by atoms with Crippen LogP contribution in [0.4, 0.5) is 0 Å². The van der Waals surface area contributed by atoms with Gasteiger partial charge in [0.15, 0.2) is 0 Å². The van der Waals surface area contributed by atoms with E-state index in [1.54, 1.807) is 0 Å². The molecule has 21 heavy (non-hydrogen) atoms. The van der Waals surface area contributed by atoms with E-state index >= 15 is 0 Å². The van der Waals surface area contributed by atoms with Gasteiger partial charge in [-0.3, -0.25) is 0 Å². The maximum Gasteiger partial charge on any atom is 0.0223 e. The summed E-state index contributed by atoms with van der Waals surface area (Å²) in [7, 11) is 0. The van der Waals surface area contributed by atoms with Gasteiger partial charge in [-0.05, 0) is 63.6 Å². The lowest BCUT2D eigenvalue weighted by molar-refractivity contribution is 0.186. The van der Waals surface area contributed by atoms with E-state index < -0.39 is 0 Å². The van der Waals surface area contributed by atoms with Crippen molar-refractivity contribution in [1.29, 1.82) is 0 Å². The molecule has 2 aliphatic rings. The van der Waals surface area contributed by atoms with Crippen LogP contribution in [0.25, 0.3) is 0 Å². The van der Waals surface area contributed by atoms with Crippen molar-refractivity contribution in [3.05, 3.63) is 0 Å². The van der Waals surface area contributed by atoms with Crippen LogP contribution in [0.1, 0.15) is 78.1 Å². The van der Waals surface area contributed by atoms with Crippen LogP contribution < -0.4 is 5.32 Å². The highest BCUT2D eigenvalue weighted by Crippen LogP contribution is 2.28. The highest BCUT2D eigenvalue weighted by atomic mass is 15.1. The lowest BCUT2D eigenvalue weighted by Crippen LogP contribution is -2.46. The van der Waals surface area contributed by atoms with Gasteiger partial charge in [0.25, 0.3) is 0 Å². The van der Waals surface area contributed by atoms with E-state index in [4.69, 9.17) is 0 Å². The molecule has 0 aromatic carbocycles. The molecule has 2 nitrogen and oxygen atoms in total. The second kappa shape index (κ2) is 9.84. The Hall–Kier alpha value is -0.0800. The molecule has 124 valence electrons. The number of hydrogen-bond donors (Lipinski definition) is 1. The summed E-state index contributed by atoms with van der Waals surface area (Å²) in [6.07, 6.45) is 14.5. The molecule has 0 bridgehead atoms. The molecule has 1 saturated heterocycles. The zero-order chi connectivity index (χ0) is 14.9. The van der Waals surface area contributed by atoms with Crippen molar-refractivity contribution in [1.82, 2.24) is 10.2 Å². The lowest BCUT2D eigenvalue weighted by Gasteiger charge is -2.34. The van der Waals surface area contributed by atoms with Crippen molar-refractivity contribution >= 4 is 0 Å². The molecule has 1 N–H and O–H groups in total. The highest BCUT2D eigenvalue weighted by molar-refractivity contribution is 4.83. The van der Waals surface area contributed by atoms with E-state index in [0.29, 0.717) is 0 Å². The fourth-order valence-electron chi connectivity index (χ4n) is 4.56. The van der Waals surface area contributed by atoms with Gasteiger partial charge >= 0.3 is 0 Å².